The minimum atomic E-state index is -3.95. The number of rotatable bonds is 6. The summed E-state index contributed by atoms with van der Waals surface area (Å²) in [5.74, 6) is 0.116. The Morgan fingerprint density at radius 3 is 2.59 bits per heavy atom. The number of benzene rings is 2. The highest BCUT2D eigenvalue weighted by Crippen LogP contribution is 2.23. The van der Waals surface area contributed by atoms with E-state index in [1.807, 2.05) is 0 Å². The molecule has 2 aromatic carbocycles. The Hall–Kier alpha value is -3.59. The van der Waals surface area contributed by atoms with Crippen LogP contribution in [0.5, 0.6) is 0 Å². The molecule has 146 valence electrons. The minimum absolute atomic E-state index is 0.162. The second-order valence-electron chi connectivity index (χ2n) is 6.14. The third-order valence-corrected chi connectivity index (χ3v) is 5.48. The Kier molecular flexibility index (Phi) is 5.05. The molecule has 4 aromatic rings. The first-order valence-corrected chi connectivity index (χ1v) is 10.1. The quantitative estimate of drug-likeness (QED) is 0.521. The molecule has 0 aliphatic rings. The second kappa shape index (κ2) is 7.80. The highest BCUT2D eigenvalue weighted by molar-refractivity contribution is 7.92. The summed E-state index contributed by atoms with van der Waals surface area (Å²) in [5.41, 5.74) is 1.74. The molecule has 0 fully saturated rings. The van der Waals surface area contributed by atoms with E-state index in [1.54, 1.807) is 48.8 Å². The molecule has 0 amide bonds. The van der Waals surface area contributed by atoms with Gasteiger partial charge in [0.2, 0.25) is 11.7 Å². The zero-order chi connectivity index (χ0) is 20.3. The summed E-state index contributed by atoms with van der Waals surface area (Å²) in [7, 11) is -3.95. The fraction of sp³-hybridized carbons (Fsp3) is 0.0500. The van der Waals surface area contributed by atoms with Crippen LogP contribution in [0, 0.1) is 5.82 Å². The Labute approximate surface area is 166 Å². The zero-order valence-electron chi connectivity index (χ0n) is 15.0. The van der Waals surface area contributed by atoms with Crippen molar-refractivity contribution in [1.29, 1.82) is 0 Å². The Morgan fingerprint density at radius 2 is 1.79 bits per heavy atom. The average Bonchev–Trinajstić information content (AvgIpc) is 3.19. The monoisotopic (exact) mass is 410 g/mol. The SMILES string of the molecule is O=S(=O)(Nc1ccccc1Cc1nc(-c2ccncc2)no1)c1cccc(F)c1. The third kappa shape index (κ3) is 4.30. The third-order valence-electron chi connectivity index (χ3n) is 4.12. The van der Waals surface area contributed by atoms with Crippen molar-refractivity contribution in [3.05, 3.63) is 90.3 Å². The number of hydrogen-bond acceptors (Lipinski definition) is 6. The van der Waals surface area contributed by atoms with Crippen molar-refractivity contribution in [2.24, 2.45) is 0 Å². The lowest BCUT2D eigenvalue weighted by Crippen LogP contribution is -2.14. The van der Waals surface area contributed by atoms with E-state index in [1.165, 1.54) is 18.2 Å². The predicted molar refractivity (Wildman–Crippen MR) is 104 cm³/mol. The molecule has 0 aliphatic heterocycles. The largest absolute Gasteiger partial charge is 0.339 e. The second-order valence-corrected chi connectivity index (χ2v) is 7.83. The lowest BCUT2D eigenvalue weighted by molar-refractivity contribution is 0.386. The first kappa shape index (κ1) is 18.8. The van der Waals surface area contributed by atoms with Crippen LogP contribution in [-0.4, -0.2) is 23.5 Å². The van der Waals surface area contributed by atoms with Gasteiger partial charge in [-0.2, -0.15) is 4.98 Å². The average molecular weight is 410 g/mol. The molecular formula is C20H15FN4O3S. The summed E-state index contributed by atoms with van der Waals surface area (Å²) >= 11 is 0. The molecular weight excluding hydrogens is 395 g/mol. The topological polar surface area (TPSA) is 98.0 Å². The van der Waals surface area contributed by atoms with E-state index in [4.69, 9.17) is 4.52 Å². The van der Waals surface area contributed by atoms with Gasteiger partial charge in [0, 0.05) is 18.0 Å². The van der Waals surface area contributed by atoms with Crippen molar-refractivity contribution in [2.45, 2.75) is 11.3 Å². The highest BCUT2D eigenvalue weighted by Gasteiger charge is 2.18. The van der Waals surface area contributed by atoms with Gasteiger partial charge in [0.05, 0.1) is 17.0 Å². The fourth-order valence-electron chi connectivity index (χ4n) is 2.72. The number of hydrogen-bond donors (Lipinski definition) is 1. The number of halogens is 1. The summed E-state index contributed by atoms with van der Waals surface area (Å²) < 4.78 is 46.4. The number of para-hydroxylation sites is 1. The van der Waals surface area contributed by atoms with Crippen molar-refractivity contribution >= 4 is 15.7 Å². The van der Waals surface area contributed by atoms with Gasteiger partial charge in [0.25, 0.3) is 10.0 Å². The molecule has 2 heterocycles. The van der Waals surface area contributed by atoms with E-state index in [2.05, 4.69) is 19.8 Å². The van der Waals surface area contributed by atoms with Crippen LogP contribution in [0.1, 0.15) is 11.5 Å². The number of nitrogens with one attached hydrogen (secondary N) is 1. The van der Waals surface area contributed by atoms with Crippen molar-refractivity contribution in [2.75, 3.05) is 4.72 Å². The number of pyridine rings is 1. The molecule has 0 bridgehead atoms. The molecule has 7 nitrogen and oxygen atoms in total. The Morgan fingerprint density at radius 1 is 1.00 bits per heavy atom. The van der Waals surface area contributed by atoms with Gasteiger partial charge in [-0.3, -0.25) is 9.71 Å². The van der Waals surface area contributed by atoms with E-state index in [0.29, 0.717) is 23.0 Å². The number of anilines is 1. The number of aromatic nitrogens is 3. The van der Waals surface area contributed by atoms with E-state index in [0.717, 1.165) is 11.6 Å². The molecule has 0 atom stereocenters. The summed E-state index contributed by atoms with van der Waals surface area (Å²) in [5, 5.41) is 3.95. The lowest BCUT2D eigenvalue weighted by atomic mass is 10.1. The number of nitrogens with zero attached hydrogens (tertiary/aromatic N) is 3. The van der Waals surface area contributed by atoms with Crippen LogP contribution in [0.2, 0.25) is 0 Å². The van der Waals surface area contributed by atoms with E-state index < -0.39 is 15.8 Å². The van der Waals surface area contributed by atoms with Gasteiger partial charge in [0.1, 0.15) is 5.82 Å². The van der Waals surface area contributed by atoms with Crippen LogP contribution >= 0.6 is 0 Å². The van der Waals surface area contributed by atoms with Gasteiger partial charge >= 0.3 is 0 Å². The molecule has 0 unspecified atom stereocenters. The molecule has 9 heteroatoms. The van der Waals surface area contributed by atoms with Crippen LogP contribution in [0.3, 0.4) is 0 Å². The summed E-state index contributed by atoms with van der Waals surface area (Å²) in [6.07, 6.45) is 3.48. The maximum Gasteiger partial charge on any atom is 0.262 e. The Balaban J connectivity index is 1.59. The fourth-order valence-corrected chi connectivity index (χ4v) is 3.85. The molecule has 4 rings (SSSR count). The first-order chi connectivity index (χ1) is 14.0. The zero-order valence-corrected chi connectivity index (χ0v) is 15.8. The normalized spacial score (nSPS) is 11.3. The predicted octanol–water partition coefficient (Wildman–Crippen LogP) is 3.66. The molecule has 0 saturated heterocycles. The standard InChI is InChI=1S/C20H15FN4O3S/c21-16-5-3-6-17(13-16)29(26,27)25-18-7-2-1-4-15(18)12-19-23-20(24-28-19)14-8-10-22-11-9-14/h1-11,13,25H,12H2. The highest BCUT2D eigenvalue weighted by atomic mass is 32.2. The molecule has 0 saturated carbocycles. The van der Waals surface area contributed by atoms with E-state index in [-0.39, 0.29) is 11.3 Å². The van der Waals surface area contributed by atoms with Crippen molar-refractivity contribution in [3.8, 4) is 11.4 Å². The van der Waals surface area contributed by atoms with Gasteiger partial charge in [-0.25, -0.2) is 12.8 Å². The summed E-state index contributed by atoms with van der Waals surface area (Å²) in [6.45, 7) is 0. The van der Waals surface area contributed by atoms with Crippen LogP contribution < -0.4 is 4.72 Å². The maximum absolute atomic E-state index is 13.4. The molecule has 0 spiro atoms. The van der Waals surface area contributed by atoms with Gasteiger partial charge in [-0.15, -0.1) is 0 Å². The molecule has 29 heavy (non-hydrogen) atoms. The van der Waals surface area contributed by atoms with Crippen LogP contribution in [0.15, 0.2) is 82.5 Å². The van der Waals surface area contributed by atoms with Crippen molar-refractivity contribution in [1.82, 2.24) is 15.1 Å². The number of sulfonamides is 1. The van der Waals surface area contributed by atoms with Crippen LogP contribution in [0.25, 0.3) is 11.4 Å². The van der Waals surface area contributed by atoms with Crippen LogP contribution in [0.4, 0.5) is 10.1 Å². The van der Waals surface area contributed by atoms with Gasteiger partial charge in [-0.1, -0.05) is 29.4 Å². The van der Waals surface area contributed by atoms with Crippen LogP contribution in [-0.2, 0) is 16.4 Å². The molecule has 1 N–H and O–H groups in total. The summed E-state index contributed by atoms with van der Waals surface area (Å²) in [4.78, 5) is 8.14. The molecule has 0 radical (unpaired) electrons. The Bertz CT molecular complexity index is 1240. The lowest BCUT2D eigenvalue weighted by Gasteiger charge is -2.11. The smallest absolute Gasteiger partial charge is 0.262 e. The van der Waals surface area contributed by atoms with E-state index >= 15 is 0 Å². The van der Waals surface area contributed by atoms with Gasteiger partial charge in [-0.05, 0) is 42.0 Å². The van der Waals surface area contributed by atoms with E-state index in [9.17, 15) is 12.8 Å². The molecule has 0 aliphatic carbocycles. The first-order valence-electron chi connectivity index (χ1n) is 8.60. The van der Waals surface area contributed by atoms with Crippen molar-refractivity contribution < 1.29 is 17.3 Å². The maximum atomic E-state index is 13.4. The summed E-state index contributed by atoms with van der Waals surface area (Å²) in [6, 6.07) is 15.2. The van der Waals surface area contributed by atoms with Gasteiger partial charge < -0.3 is 4.52 Å². The van der Waals surface area contributed by atoms with Crippen molar-refractivity contribution in [3.63, 3.8) is 0 Å². The minimum Gasteiger partial charge on any atom is -0.339 e. The molecule has 2 aromatic heterocycles. The van der Waals surface area contributed by atoms with Gasteiger partial charge in [0.15, 0.2) is 0 Å².